The average Bonchev–Trinajstić information content (AvgIpc) is 2.59. The summed E-state index contributed by atoms with van der Waals surface area (Å²) in [6, 6.07) is 0. The van der Waals surface area contributed by atoms with Gasteiger partial charge in [0.2, 0.25) is 0 Å². The van der Waals surface area contributed by atoms with Crippen molar-refractivity contribution in [2.45, 2.75) is 51.4 Å². The molecule has 0 radical (unpaired) electrons. The first-order chi connectivity index (χ1) is 11.8. The van der Waals surface area contributed by atoms with Gasteiger partial charge >= 0.3 is 0 Å². The number of ether oxygens (including phenoxy) is 2. The van der Waals surface area contributed by atoms with Crippen molar-refractivity contribution in [2.24, 2.45) is 5.73 Å². The minimum Gasteiger partial charge on any atom is -0.396 e. The molecule has 0 aromatic rings. The highest BCUT2D eigenvalue weighted by Crippen LogP contribution is 2.05. The number of unbranched alkanes of at least 4 members (excludes halogenated alkanes) is 6. The second-order valence-electron chi connectivity index (χ2n) is 6.13. The molecule has 0 bridgehead atoms. The quantitative estimate of drug-likeness (QED) is 0.288. The number of hydrogen-bond donors (Lipinski definition) is 3. The van der Waals surface area contributed by atoms with Crippen molar-refractivity contribution in [1.82, 2.24) is 4.90 Å². The maximum Gasteiger partial charge on any atom is 0.0701 e. The van der Waals surface area contributed by atoms with Gasteiger partial charge in [0.25, 0.3) is 0 Å². The Morgan fingerprint density at radius 2 is 1.08 bits per heavy atom. The summed E-state index contributed by atoms with van der Waals surface area (Å²) in [4.78, 5) is 2.47. The van der Waals surface area contributed by atoms with Crippen LogP contribution in [-0.2, 0) is 9.47 Å². The first-order valence-electron chi connectivity index (χ1n) is 9.64. The average molecular weight is 349 g/mol. The van der Waals surface area contributed by atoms with Crippen LogP contribution < -0.4 is 5.73 Å². The number of rotatable bonds is 20. The van der Waals surface area contributed by atoms with Gasteiger partial charge < -0.3 is 30.3 Å². The van der Waals surface area contributed by atoms with Crippen molar-refractivity contribution < 1.29 is 19.7 Å². The van der Waals surface area contributed by atoms with E-state index in [1.165, 1.54) is 25.7 Å². The summed E-state index contributed by atoms with van der Waals surface area (Å²) in [5.74, 6) is 0. The molecule has 0 aromatic carbocycles. The Labute approximate surface area is 148 Å². The Hall–Kier alpha value is -0.240. The van der Waals surface area contributed by atoms with Gasteiger partial charge in [-0.3, -0.25) is 0 Å². The van der Waals surface area contributed by atoms with Crippen LogP contribution in [0.1, 0.15) is 51.4 Å². The van der Waals surface area contributed by atoms with Crippen LogP contribution in [0.25, 0.3) is 0 Å². The third kappa shape index (κ3) is 18.1. The minimum absolute atomic E-state index is 0.300. The molecule has 4 N–H and O–H groups in total. The summed E-state index contributed by atoms with van der Waals surface area (Å²) in [6.07, 6.45) is 8.74. The second-order valence-corrected chi connectivity index (χ2v) is 6.13. The molecular weight excluding hydrogens is 308 g/mol. The van der Waals surface area contributed by atoms with E-state index in [1.807, 2.05) is 0 Å². The molecule has 0 aliphatic carbocycles. The summed E-state index contributed by atoms with van der Waals surface area (Å²) in [5.41, 5.74) is 5.36. The van der Waals surface area contributed by atoms with Gasteiger partial charge in [0.15, 0.2) is 0 Å². The fraction of sp³-hybridized carbons (Fsp3) is 1.00. The van der Waals surface area contributed by atoms with Crippen LogP contribution in [0.3, 0.4) is 0 Å². The molecule has 0 unspecified atom stereocenters. The lowest BCUT2D eigenvalue weighted by Crippen LogP contribution is -2.30. The molecule has 0 amide bonds. The Morgan fingerprint density at radius 3 is 1.58 bits per heavy atom. The summed E-state index contributed by atoms with van der Waals surface area (Å²) < 4.78 is 10.9. The van der Waals surface area contributed by atoms with Gasteiger partial charge in [0.05, 0.1) is 26.4 Å². The Bertz CT molecular complexity index is 219. The van der Waals surface area contributed by atoms with Gasteiger partial charge in [0, 0.05) is 26.3 Å². The van der Waals surface area contributed by atoms with Gasteiger partial charge in [-0.05, 0) is 38.8 Å². The molecule has 0 spiro atoms. The molecule has 0 atom stereocenters. The molecule has 0 aliphatic heterocycles. The van der Waals surface area contributed by atoms with Crippen molar-refractivity contribution >= 4 is 0 Å². The molecule has 0 fully saturated rings. The molecule has 0 saturated carbocycles. The Kier molecular flexibility index (Phi) is 20.6. The zero-order valence-electron chi connectivity index (χ0n) is 15.5. The van der Waals surface area contributed by atoms with Crippen LogP contribution in [0.4, 0.5) is 0 Å². The normalized spacial score (nSPS) is 11.5. The third-order valence-electron chi connectivity index (χ3n) is 3.95. The first-order valence-corrected chi connectivity index (χ1v) is 9.64. The van der Waals surface area contributed by atoms with E-state index in [9.17, 15) is 0 Å². The maximum absolute atomic E-state index is 8.82. The number of nitrogens with zero attached hydrogens (tertiary/aromatic N) is 1. The van der Waals surface area contributed by atoms with Gasteiger partial charge in [-0.2, -0.15) is 0 Å². The molecule has 24 heavy (non-hydrogen) atoms. The Morgan fingerprint density at radius 1 is 0.583 bits per heavy atom. The zero-order valence-corrected chi connectivity index (χ0v) is 15.5. The smallest absolute Gasteiger partial charge is 0.0701 e. The van der Waals surface area contributed by atoms with Crippen molar-refractivity contribution in [1.29, 1.82) is 0 Å². The van der Waals surface area contributed by atoms with Gasteiger partial charge in [-0.15, -0.1) is 0 Å². The Balaban J connectivity index is 3.72. The molecule has 0 rings (SSSR count). The summed E-state index contributed by atoms with van der Waals surface area (Å²) >= 11 is 0. The van der Waals surface area contributed by atoms with Crippen molar-refractivity contribution in [3.8, 4) is 0 Å². The highest BCUT2D eigenvalue weighted by Gasteiger charge is 2.05. The minimum atomic E-state index is 0.300. The summed E-state index contributed by atoms with van der Waals surface area (Å²) in [6.45, 7) is 6.87. The van der Waals surface area contributed by atoms with Crippen LogP contribution in [0.2, 0.25) is 0 Å². The van der Waals surface area contributed by atoms with Crippen LogP contribution in [0, 0.1) is 0 Å². The van der Waals surface area contributed by atoms with Gasteiger partial charge in [0.1, 0.15) is 0 Å². The van der Waals surface area contributed by atoms with E-state index < -0.39 is 0 Å². The van der Waals surface area contributed by atoms with Crippen LogP contribution in [0.15, 0.2) is 0 Å². The van der Waals surface area contributed by atoms with E-state index in [0.717, 1.165) is 51.9 Å². The summed E-state index contributed by atoms with van der Waals surface area (Å²) in [5, 5.41) is 17.6. The van der Waals surface area contributed by atoms with E-state index >= 15 is 0 Å². The molecule has 146 valence electrons. The van der Waals surface area contributed by atoms with Gasteiger partial charge in [-0.25, -0.2) is 0 Å². The highest BCUT2D eigenvalue weighted by atomic mass is 16.5. The van der Waals surface area contributed by atoms with E-state index in [-0.39, 0.29) is 0 Å². The number of nitrogens with two attached hydrogens (primary N) is 1. The van der Waals surface area contributed by atoms with E-state index in [0.29, 0.717) is 39.6 Å². The van der Waals surface area contributed by atoms with E-state index in [1.54, 1.807) is 0 Å². The van der Waals surface area contributed by atoms with Crippen LogP contribution >= 0.6 is 0 Å². The summed E-state index contributed by atoms with van der Waals surface area (Å²) in [7, 11) is 0. The topological polar surface area (TPSA) is 88.2 Å². The maximum atomic E-state index is 8.82. The van der Waals surface area contributed by atoms with Crippen molar-refractivity contribution in [3.05, 3.63) is 0 Å². The fourth-order valence-corrected chi connectivity index (χ4v) is 2.54. The number of hydrogen-bond acceptors (Lipinski definition) is 6. The van der Waals surface area contributed by atoms with Gasteiger partial charge in [-0.1, -0.05) is 25.7 Å². The lowest BCUT2D eigenvalue weighted by Gasteiger charge is -2.22. The molecule has 0 aliphatic rings. The number of aliphatic hydroxyl groups is 2. The zero-order chi connectivity index (χ0) is 17.7. The fourth-order valence-electron chi connectivity index (χ4n) is 2.54. The monoisotopic (exact) mass is 348 g/mol. The second kappa shape index (κ2) is 20.8. The molecule has 6 heteroatoms. The molecule has 6 nitrogen and oxygen atoms in total. The SMILES string of the molecule is NCCOCCOCCN(CCCCCCO)CCCCCCO. The van der Waals surface area contributed by atoms with Crippen LogP contribution in [-0.4, -0.2) is 80.9 Å². The predicted octanol–water partition coefficient (Wildman–Crippen LogP) is 1.39. The highest BCUT2D eigenvalue weighted by molar-refractivity contribution is 4.59. The van der Waals surface area contributed by atoms with Crippen molar-refractivity contribution in [2.75, 3.05) is 65.8 Å². The standard InChI is InChI=1S/C18H40N2O4/c19-9-15-23-17-18-24-16-12-20(10-5-1-3-7-13-21)11-6-2-4-8-14-22/h21-22H,1-19H2. The lowest BCUT2D eigenvalue weighted by atomic mass is 10.1. The third-order valence-corrected chi connectivity index (χ3v) is 3.95. The van der Waals surface area contributed by atoms with Crippen LogP contribution in [0.5, 0.6) is 0 Å². The largest absolute Gasteiger partial charge is 0.396 e. The van der Waals surface area contributed by atoms with E-state index in [2.05, 4.69) is 4.90 Å². The first kappa shape index (κ1) is 23.8. The molecule has 0 heterocycles. The van der Waals surface area contributed by atoms with E-state index in [4.69, 9.17) is 25.4 Å². The number of aliphatic hydroxyl groups excluding tert-OH is 2. The predicted molar refractivity (Wildman–Crippen MR) is 98.2 cm³/mol. The van der Waals surface area contributed by atoms with Crippen molar-refractivity contribution in [3.63, 3.8) is 0 Å². The molecule has 0 aromatic heterocycles. The lowest BCUT2D eigenvalue weighted by molar-refractivity contribution is 0.0406. The molecule has 0 saturated heterocycles. The molecular formula is C18H40N2O4.